The van der Waals surface area contributed by atoms with Crippen LogP contribution in [0.15, 0.2) is 53.7 Å². The number of amides is 1. The van der Waals surface area contributed by atoms with Crippen molar-refractivity contribution in [3.8, 4) is 11.4 Å². The molecule has 1 aliphatic rings. The number of thioether (sulfide) groups is 1. The molecule has 1 fully saturated rings. The number of benzene rings is 2. The first-order chi connectivity index (χ1) is 14.5. The van der Waals surface area contributed by atoms with Gasteiger partial charge in [0, 0.05) is 44.5 Å². The SMILES string of the molecule is Cc1cccc(N2CCN(C(=O)CSc3nnc(-c4ccccc4C)n3C)CC2)c1. The molecule has 0 atom stereocenters. The molecule has 3 aromatic rings. The van der Waals surface area contributed by atoms with Crippen molar-refractivity contribution in [2.24, 2.45) is 7.05 Å². The van der Waals surface area contributed by atoms with Gasteiger partial charge in [-0.05, 0) is 37.1 Å². The summed E-state index contributed by atoms with van der Waals surface area (Å²) in [6.07, 6.45) is 0. The van der Waals surface area contributed by atoms with E-state index in [4.69, 9.17) is 0 Å². The van der Waals surface area contributed by atoms with Gasteiger partial charge in [-0.3, -0.25) is 4.79 Å². The van der Waals surface area contributed by atoms with Gasteiger partial charge in [0.1, 0.15) is 0 Å². The lowest BCUT2D eigenvalue weighted by Crippen LogP contribution is -2.49. The van der Waals surface area contributed by atoms with Gasteiger partial charge in [0.2, 0.25) is 5.91 Å². The smallest absolute Gasteiger partial charge is 0.233 e. The van der Waals surface area contributed by atoms with Crippen molar-refractivity contribution in [2.75, 3.05) is 36.8 Å². The van der Waals surface area contributed by atoms with Gasteiger partial charge < -0.3 is 14.4 Å². The van der Waals surface area contributed by atoms with Gasteiger partial charge in [-0.1, -0.05) is 48.2 Å². The largest absolute Gasteiger partial charge is 0.368 e. The second-order valence-electron chi connectivity index (χ2n) is 7.68. The van der Waals surface area contributed by atoms with Crippen molar-refractivity contribution in [3.05, 3.63) is 59.7 Å². The lowest BCUT2D eigenvalue weighted by molar-refractivity contribution is -0.128. The zero-order valence-electron chi connectivity index (χ0n) is 17.7. The molecule has 30 heavy (non-hydrogen) atoms. The van der Waals surface area contributed by atoms with Crippen molar-refractivity contribution >= 4 is 23.4 Å². The monoisotopic (exact) mass is 421 g/mol. The van der Waals surface area contributed by atoms with Crippen molar-refractivity contribution in [3.63, 3.8) is 0 Å². The van der Waals surface area contributed by atoms with Crippen molar-refractivity contribution in [1.82, 2.24) is 19.7 Å². The van der Waals surface area contributed by atoms with E-state index in [-0.39, 0.29) is 5.91 Å². The highest BCUT2D eigenvalue weighted by molar-refractivity contribution is 7.99. The zero-order chi connectivity index (χ0) is 21.1. The van der Waals surface area contributed by atoms with Gasteiger partial charge in [-0.25, -0.2) is 0 Å². The molecule has 0 saturated carbocycles. The Labute approximate surface area is 181 Å². The summed E-state index contributed by atoms with van der Waals surface area (Å²) in [4.78, 5) is 17.0. The molecule has 0 bridgehead atoms. The van der Waals surface area contributed by atoms with Gasteiger partial charge in [0.05, 0.1) is 5.75 Å². The maximum atomic E-state index is 12.7. The fourth-order valence-corrected chi connectivity index (χ4v) is 4.57. The third-order valence-corrected chi connectivity index (χ3v) is 6.55. The van der Waals surface area contributed by atoms with Crippen LogP contribution in [0.5, 0.6) is 0 Å². The summed E-state index contributed by atoms with van der Waals surface area (Å²) in [5, 5.41) is 9.42. The molecule has 6 nitrogen and oxygen atoms in total. The molecule has 1 aliphatic heterocycles. The second kappa shape index (κ2) is 8.92. The summed E-state index contributed by atoms with van der Waals surface area (Å²) in [5.41, 5.74) is 4.72. The normalized spacial score (nSPS) is 14.2. The van der Waals surface area contributed by atoms with Crippen molar-refractivity contribution in [2.45, 2.75) is 19.0 Å². The highest BCUT2D eigenvalue weighted by Crippen LogP contribution is 2.25. The summed E-state index contributed by atoms with van der Waals surface area (Å²) < 4.78 is 1.97. The van der Waals surface area contributed by atoms with E-state index < -0.39 is 0 Å². The number of hydrogen-bond donors (Lipinski definition) is 0. The third kappa shape index (κ3) is 4.36. The predicted molar refractivity (Wildman–Crippen MR) is 122 cm³/mol. The molecule has 7 heteroatoms. The van der Waals surface area contributed by atoms with Crippen LogP contribution in [0.3, 0.4) is 0 Å². The number of anilines is 1. The van der Waals surface area contributed by atoms with E-state index in [1.165, 1.54) is 23.0 Å². The van der Waals surface area contributed by atoms with Crippen molar-refractivity contribution in [1.29, 1.82) is 0 Å². The highest BCUT2D eigenvalue weighted by Gasteiger charge is 2.22. The Hall–Kier alpha value is -2.80. The molecule has 4 rings (SSSR count). The maximum absolute atomic E-state index is 12.7. The Morgan fingerprint density at radius 2 is 1.77 bits per heavy atom. The highest BCUT2D eigenvalue weighted by atomic mass is 32.2. The van der Waals surface area contributed by atoms with E-state index in [1.807, 2.05) is 34.7 Å². The molecule has 0 spiro atoms. The topological polar surface area (TPSA) is 54.3 Å². The molecule has 0 radical (unpaired) electrons. The van der Waals surface area contributed by atoms with E-state index in [2.05, 4.69) is 59.3 Å². The minimum atomic E-state index is 0.157. The second-order valence-corrected chi connectivity index (χ2v) is 8.62. The first-order valence-electron chi connectivity index (χ1n) is 10.2. The van der Waals surface area contributed by atoms with Gasteiger partial charge in [-0.15, -0.1) is 10.2 Å². The number of carbonyl (C=O) groups excluding carboxylic acids is 1. The molecular weight excluding hydrogens is 394 g/mol. The summed E-state index contributed by atoms with van der Waals surface area (Å²) >= 11 is 1.45. The summed E-state index contributed by atoms with van der Waals surface area (Å²) in [6, 6.07) is 16.7. The number of nitrogens with zero attached hydrogens (tertiary/aromatic N) is 5. The Kier molecular flexibility index (Phi) is 6.08. The Morgan fingerprint density at radius 3 is 2.50 bits per heavy atom. The summed E-state index contributed by atoms with van der Waals surface area (Å²) in [5.74, 6) is 1.36. The average Bonchev–Trinajstić information content (AvgIpc) is 3.12. The Morgan fingerprint density at radius 1 is 1.00 bits per heavy atom. The standard InChI is InChI=1S/C23H27N5OS/c1-17-7-6-9-19(15-17)27-11-13-28(14-12-27)21(29)16-30-23-25-24-22(26(23)3)20-10-5-4-8-18(20)2/h4-10,15H,11-14,16H2,1-3H3. The third-order valence-electron chi connectivity index (χ3n) is 5.54. The number of piperazine rings is 1. The molecule has 1 saturated heterocycles. The average molecular weight is 422 g/mol. The van der Waals surface area contributed by atoms with Gasteiger partial charge in [0.25, 0.3) is 0 Å². The van der Waals surface area contributed by atoms with E-state index in [0.717, 1.165) is 48.3 Å². The quantitative estimate of drug-likeness (QED) is 0.590. The molecule has 1 amide bonds. The number of rotatable bonds is 5. The first-order valence-corrected chi connectivity index (χ1v) is 11.2. The fourth-order valence-electron chi connectivity index (χ4n) is 3.76. The van der Waals surface area contributed by atoms with E-state index in [0.29, 0.717) is 5.75 Å². The first kappa shape index (κ1) is 20.5. The maximum Gasteiger partial charge on any atom is 0.233 e. The lowest BCUT2D eigenvalue weighted by Gasteiger charge is -2.36. The van der Waals surface area contributed by atoms with Crippen LogP contribution in [0.1, 0.15) is 11.1 Å². The molecule has 0 unspecified atom stereocenters. The summed E-state index contributed by atoms with van der Waals surface area (Å²) in [6.45, 7) is 7.40. The molecular formula is C23H27N5OS. The molecule has 2 heterocycles. The van der Waals surface area contributed by atoms with Crippen LogP contribution in [0, 0.1) is 13.8 Å². The minimum absolute atomic E-state index is 0.157. The van der Waals surface area contributed by atoms with Crippen molar-refractivity contribution < 1.29 is 4.79 Å². The fraction of sp³-hybridized carbons (Fsp3) is 0.348. The van der Waals surface area contributed by atoms with Crippen LogP contribution in [-0.2, 0) is 11.8 Å². The van der Waals surface area contributed by atoms with Crippen LogP contribution in [-0.4, -0.2) is 57.5 Å². The van der Waals surface area contributed by atoms with Gasteiger partial charge >= 0.3 is 0 Å². The lowest BCUT2D eigenvalue weighted by atomic mass is 10.1. The number of aryl methyl sites for hydroxylation is 2. The molecule has 2 aromatic carbocycles. The van der Waals surface area contributed by atoms with Crippen LogP contribution >= 0.6 is 11.8 Å². The number of hydrogen-bond acceptors (Lipinski definition) is 5. The molecule has 0 aliphatic carbocycles. The van der Waals surface area contributed by atoms with Crippen LogP contribution in [0.25, 0.3) is 11.4 Å². The molecule has 1 aromatic heterocycles. The number of carbonyl (C=O) groups is 1. The summed E-state index contributed by atoms with van der Waals surface area (Å²) in [7, 11) is 1.95. The predicted octanol–water partition coefficient (Wildman–Crippen LogP) is 3.54. The van der Waals surface area contributed by atoms with Gasteiger partial charge in [-0.2, -0.15) is 0 Å². The van der Waals surface area contributed by atoms with E-state index in [1.54, 1.807) is 0 Å². The van der Waals surface area contributed by atoms with E-state index in [9.17, 15) is 4.79 Å². The van der Waals surface area contributed by atoms with Crippen LogP contribution in [0.2, 0.25) is 0 Å². The Bertz CT molecular complexity index is 1040. The Balaban J connectivity index is 1.33. The molecule has 156 valence electrons. The number of aromatic nitrogens is 3. The van der Waals surface area contributed by atoms with Crippen LogP contribution < -0.4 is 4.90 Å². The van der Waals surface area contributed by atoms with Crippen LogP contribution in [0.4, 0.5) is 5.69 Å². The minimum Gasteiger partial charge on any atom is -0.368 e. The molecule has 0 N–H and O–H groups in total. The van der Waals surface area contributed by atoms with E-state index >= 15 is 0 Å². The van der Waals surface area contributed by atoms with Gasteiger partial charge in [0.15, 0.2) is 11.0 Å². The zero-order valence-corrected chi connectivity index (χ0v) is 18.5.